The number of hydrogen-bond donors (Lipinski definition) is 1. The molecule has 0 aliphatic rings. The molecule has 0 saturated carbocycles. The minimum absolute atomic E-state index is 0.0455. The van der Waals surface area contributed by atoms with Crippen molar-refractivity contribution in [3.8, 4) is 11.3 Å². The first-order valence-electron chi connectivity index (χ1n) is 11.0. The lowest BCUT2D eigenvalue weighted by atomic mass is 9.97. The van der Waals surface area contributed by atoms with Crippen LogP contribution in [0.1, 0.15) is 32.1 Å². The summed E-state index contributed by atoms with van der Waals surface area (Å²) in [6.45, 7) is 1.80. The maximum Gasteiger partial charge on any atom is 0.288 e. The van der Waals surface area contributed by atoms with Crippen molar-refractivity contribution in [3.63, 3.8) is 0 Å². The number of anilines is 1. The quantitative estimate of drug-likeness (QED) is 0.189. The first kappa shape index (κ1) is 23.8. The maximum absolute atomic E-state index is 13.2. The maximum atomic E-state index is 13.2. The van der Waals surface area contributed by atoms with E-state index >= 15 is 0 Å². The Kier molecular flexibility index (Phi) is 6.16. The van der Waals surface area contributed by atoms with Gasteiger partial charge in [0.1, 0.15) is 5.02 Å². The van der Waals surface area contributed by atoms with E-state index in [1.54, 1.807) is 47.8 Å². The second kappa shape index (κ2) is 9.59. The summed E-state index contributed by atoms with van der Waals surface area (Å²) < 4.78 is 1.63. The summed E-state index contributed by atoms with van der Waals surface area (Å²) in [7, 11) is 0. The van der Waals surface area contributed by atoms with Crippen LogP contribution in [-0.2, 0) is 0 Å². The molecule has 37 heavy (non-hydrogen) atoms. The normalized spacial score (nSPS) is 10.9. The van der Waals surface area contributed by atoms with Crippen LogP contribution in [-0.4, -0.2) is 36.4 Å². The van der Waals surface area contributed by atoms with Gasteiger partial charge in [-0.3, -0.25) is 19.7 Å². The molecule has 2 heterocycles. The highest BCUT2D eigenvalue weighted by atomic mass is 35.5. The van der Waals surface area contributed by atoms with Crippen molar-refractivity contribution in [2.75, 3.05) is 5.32 Å². The Morgan fingerprint density at radius 3 is 2.51 bits per heavy atom. The third-order valence-electron chi connectivity index (χ3n) is 5.66. The van der Waals surface area contributed by atoms with E-state index in [0.717, 1.165) is 11.6 Å². The van der Waals surface area contributed by atoms with Gasteiger partial charge in [0.05, 0.1) is 16.2 Å². The Labute approximate surface area is 214 Å². The van der Waals surface area contributed by atoms with Gasteiger partial charge in [0.15, 0.2) is 17.3 Å². The average Bonchev–Trinajstić information content (AvgIpc) is 3.28. The predicted octanol–water partition coefficient (Wildman–Crippen LogP) is 5.14. The number of fused-ring (bicyclic) bond motifs is 1. The Morgan fingerprint density at radius 2 is 1.73 bits per heavy atom. The fourth-order valence-electron chi connectivity index (χ4n) is 3.83. The van der Waals surface area contributed by atoms with Crippen LogP contribution in [0.4, 0.5) is 11.4 Å². The second-order valence-corrected chi connectivity index (χ2v) is 8.48. The van der Waals surface area contributed by atoms with Crippen LogP contribution in [0.5, 0.6) is 0 Å². The van der Waals surface area contributed by atoms with Crippen molar-refractivity contribution in [2.45, 2.75) is 6.92 Å². The summed E-state index contributed by atoms with van der Waals surface area (Å²) in [5, 5.41) is 26.6. The van der Waals surface area contributed by atoms with Gasteiger partial charge in [-0.05, 0) is 49.4 Å². The fourth-order valence-corrected chi connectivity index (χ4v) is 4.02. The molecule has 182 valence electrons. The van der Waals surface area contributed by atoms with E-state index in [1.165, 1.54) is 24.3 Å². The lowest BCUT2D eigenvalue weighted by Gasteiger charge is -2.11. The molecule has 0 unspecified atom stereocenters. The molecule has 5 aromatic rings. The minimum atomic E-state index is -0.665. The van der Waals surface area contributed by atoms with Crippen LogP contribution in [0.2, 0.25) is 5.02 Å². The van der Waals surface area contributed by atoms with Crippen LogP contribution in [0, 0.1) is 17.0 Å². The standard InChI is InChI=1S/C26H17ClN6O4/c1-15-29-30-24-12-11-22(31-32(15)24)16-5-4-6-18(13-16)28-26(35)20-8-3-2-7-19(20)25(34)17-9-10-21(27)23(14-17)33(36)37/h2-14H,1H3,(H,28,35). The van der Waals surface area contributed by atoms with Gasteiger partial charge in [-0.1, -0.05) is 41.9 Å². The van der Waals surface area contributed by atoms with E-state index in [-0.39, 0.29) is 27.4 Å². The first-order chi connectivity index (χ1) is 17.8. The van der Waals surface area contributed by atoms with E-state index in [2.05, 4.69) is 20.6 Å². The monoisotopic (exact) mass is 512 g/mol. The molecule has 0 bridgehead atoms. The third kappa shape index (κ3) is 4.65. The summed E-state index contributed by atoms with van der Waals surface area (Å²) in [5.74, 6) is -0.405. The number of hydrogen-bond acceptors (Lipinski definition) is 7. The van der Waals surface area contributed by atoms with Crippen LogP contribution < -0.4 is 5.32 Å². The molecule has 2 aromatic heterocycles. The highest BCUT2D eigenvalue weighted by molar-refractivity contribution is 6.33. The molecular formula is C26H17ClN6O4. The van der Waals surface area contributed by atoms with Gasteiger partial charge in [0.2, 0.25) is 0 Å². The number of carbonyl (C=O) groups excluding carboxylic acids is 2. The molecule has 11 heteroatoms. The summed E-state index contributed by atoms with van der Waals surface area (Å²) in [5.41, 5.74) is 2.41. The van der Waals surface area contributed by atoms with E-state index in [4.69, 9.17) is 11.6 Å². The zero-order chi connectivity index (χ0) is 26.1. The van der Waals surface area contributed by atoms with Crippen LogP contribution >= 0.6 is 11.6 Å². The van der Waals surface area contributed by atoms with E-state index < -0.39 is 16.6 Å². The van der Waals surface area contributed by atoms with Gasteiger partial charge >= 0.3 is 0 Å². The van der Waals surface area contributed by atoms with Crippen molar-refractivity contribution in [1.82, 2.24) is 19.8 Å². The molecule has 3 aromatic carbocycles. The van der Waals surface area contributed by atoms with Crippen molar-refractivity contribution in [3.05, 3.63) is 117 Å². The molecule has 0 spiro atoms. The number of nitro benzene ring substituents is 1. The molecule has 1 amide bonds. The zero-order valence-corrected chi connectivity index (χ0v) is 20.0. The lowest BCUT2D eigenvalue weighted by molar-refractivity contribution is -0.384. The number of halogens is 1. The highest BCUT2D eigenvalue weighted by Crippen LogP contribution is 2.27. The molecule has 0 saturated heterocycles. The van der Waals surface area contributed by atoms with Crippen molar-refractivity contribution >= 4 is 40.3 Å². The van der Waals surface area contributed by atoms with Crippen LogP contribution in [0.25, 0.3) is 16.9 Å². The topological polar surface area (TPSA) is 132 Å². The summed E-state index contributed by atoms with van der Waals surface area (Å²) in [4.78, 5) is 37.0. The largest absolute Gasteiger partial charge is 0.322 e. The number of benzene rings is 3. The van der Waals surface area contributed by atoms with Gasteiger partial charge < -0.3 is 5.32 Å². The first-order valence-corrected chi connectivity index (χ1v) is 11.4. The van der Waals surface area contributed by atoms with Crippen molar-refractivity contribution in [2.24, 2.45) is 0 Å². The number of aromatic nitrogens is 4. The molecule has 1 N–H and O–H groups in total. The minimum Gasteiger partial charge on any atom is -0.322 e. The van der Waals surface area contributed by atoms with E-state index in [1.807, 2.05) is 12.1 Å². The SMILES string of the molecule is Cc1nnc2ccc(-c3cccc(NC(=O)c4ccccc4C(=O)c4ccc(Cl)c([N+](=O)[O-])c4)c3)nn12. The number of aryl methyl sites for hydroxylation is 1. The zero-order valence-electron chi connectivity index (χ0n) is 19.3. The van der Waals surface area contributed by atoms with Gasteiger partial charge in [-0.2, -0.15) is 9.61 Å². The molecule has 5 rings (SSSR count). The number of nitro groups is 1. The molecule has 0 aliphatic heterocycles. The average molecular weight is 513 g/mol. The number of rotatable bonds is 6. The molecule has 0 atom stereocenters. The Hall–Kier alpha value is -4.96. The van der Waals surface area contributed by atoms with Gasteiger partial charge in [0.25, 0.3) is 11.6 Å². The highest BCUT2D eigenvalue weighted by Gasteiger charge is 2.22. The van der Waals surface area contributed by atoms with E-state index in [9.17, 15) is 19.7 Å². The molecule has 0 radical (unpaired) electrons. The third-order valence-corrected chi connectivity index (χ3v) is 5.98. The number of ketones is 1. The molecular weight excluding hydrogens is 496 g/mol. The van der Waals surface area contributed by atoms with Crippen LogP contribution in [0.3, 0.4) is 0 Å². The number of amides is 1. The smallest absolute Gasteiger partial charge is 0.288 e. The summed E-state index contributed by atoms with van der Waals surface area (Å²) in [6, 6.07) is 20.8. The van der Waals surface area contributed by atoms with Gasteiger partial charge in [-0.15, -0.1) is 10.2 Å². The number of nitrogens with one attached hydrogen (secondary N) is 1. The molecule has 0 fully saturated rings. The second-order valence-electron chi connectivity index (χ2n) is 8.07. The van der Waals surface area contributed by atoms with E-state index in [0.29, 0.717) is 22.9 Å². The Balaban J connectivity index is 1.43. The van der Waals surface area contributed by atoms with Crippen LogP contribution in [0.15, 0.2) is 78.9 Å². The van der Waals surface area contributed by atoms with Gasteiger partial charge in [0, 0.05) is 28.4 Å². The fraction of sp³-hybridized carbons (Fsp3) is 0.0385. The lowest BCUT2D eigenvalue weighted by Crippen LogP contribution is -2.17. The van der Waals surface area contributed by atoms with Crippen molar-refractivity contribution in [1.29, 1.82) is 0 Å². The Morgan fingerprint density at radius 1 is 0.946 bits per heavy atom. The van der Waals surface area contributed by atoms with Gasteiger partial charge in [-0.25, -0.2) is 0 Å². The summed E-state index contributed by atoms with van der Waals surface area (Å²) >= 11 is 5.87. The number of nitrogens with zero attached hydrogens (tertiary/aromatic N) is 5. The molecule has 0 aliphatic carbocycles. The summed E-state index contributed by atoms with van der Waals surface area (Å²) in [6.07, 6.45) is 0. The van der Waals surface area contributed by atoms with Crippen molar-refractivity contribution < 1.29 is 14.5 Å². The molecule has 10 nitrogen and oxygen atoms in total. The Bertz CT molecular complexity index is 1710. The predicted molar refractivity (Wildman–Crippen MR) is 137 cm³/mol. The number of carbonyl (C=O) groups is 2.